The third-order valence-electron chi connectivity index (χ3n) is 6.20. The number of rotatable bonds is 7. The van der Waals surface area contributed by atoms with E-state index in [-0.39, 0.29) is 30.1 Å². The average molecular weight is 476 g/mol. The summed E-state index contributed by atoms with van der Waals surface area (Å²) in [6.45, 7) is 4.66. The number of carbonyl (C=O) groups excluding carboxylic acids is 3. The van der Waals surface area contributed by atoms with E-state index >= 15 is 0 Å². The average Bonchev–Trinajstić information content (AvgIpc) is 3.26. The summed E-state index contributed by atoms with van der Waals surface area (Å²) in [7, 11) is 0. The lowest BCUT2D eigenvalue weighted by Crippen LogP contribution is -2.46. The molecule has 182 valence electrons. The van der Waals surface area contributed by atoms with Gasteiger partial charge in [-0.05, 0) is 31.5 Å². The molecule has 1 aromatic heterocycles. The van der Waals surface area contributed by atoms with Crippen LogP contribution >= 0.6 is 0 Å². The van der Waals surface area contributed by atoms with Crippen LogP contribution in [0.25, 0.3) is 10.8 Å². The molecule has 1 aliphatic rings. The van der Waals surface area contributed by atoms with Crippen LogP contribution in [-0.4, -0.2) is 34.0 Å². The van der Waals surface area contributed by atoms with Crippen molar-refractivity contribution in [2.45, 2.75) is 46.1 Å². The summed E-state index contributed by atoms with van der Waals surface area (Å²) in [5.41, 5.74) is 6.46. The summed E-state index contributed by atoms with van der Waals surface area (Å²) in [5.74, 6) is -1.83. The highest BCUT2D eigenvalue weighted by Gasteiger charge is 2.35. The standard InChI is InChI=1S/C26H29N5O4/c1-3-4-7-14-31-26(35)21-9-6-5-8-20(21)23(29-31)25(34)28-27-24(33)18-15-22(32)30(16-18)19-12-10-17(2)11-13-19/h5-6,8-13,18H,3-4,7,14-16H2,1-2H3,(H,27,33)(H,28,34). The van der Waals surface area contributed by atoms with Gasteiger partial charge >= 0.3 is 0 Å². The topological polar surface area (TPSA) is 113 Å². The van der Waals surface area contributed by atoms with E-state index in [1.807, 2.05) is 31.2 Å². The van der Waals surface area contributed by atoms with Crippen molar-refractivity contribution in [3.63, 3.8) is 0 Å². The first-order valence-electron chi connectivity index (χ1n) is 11.9. The molecule has 3 amide bonds. The molecule has 1 fully saturated rings. The van der Waals surface area contributed by atoms with E-state index in [1.165, 1.54) is 4.68 Å². The van der Waals surface area contributed by atoms with Crippen LogP contribution in [0.5, 0.6) is 0 Å². The molecule has 35 heavy (non-hydrogen) atoms. The number of aryl methyl sites for hydroxylation is 2. The molecule has 1 saturated heterocycles. The van der Waals surface area contributed by atoms with E-state index in [2.05, 4.69) is 22.9 Å². The molecule has 0 aliphatic carbocycles. The minimum absolute atomic E-state index is 0.0546. The van der Waals surface area contributed by atoms with Gasteiger partial charge in [0.25, 0.3) is 11.5 Å². The number of amides is 3. The lowest BCUT2D eigenvalue weighted by molar-refractivity contribution is -0.126. The molecule has 1 atom stereocenters. The van der Waals surface area contributed by atoms with Gasteiger partial charge in [-0.3, -0.25) is 30.0 Å². The zero-order valence-corrected chi connectivity index (χ0v) is 19.9. The quantitative estimate of drug-likeness (QED) is 0.403. The first-order chi connectivity index (χ1) is 16.9. The maximum Gasteiger partial charge on any atom is 0.290 e. The first-order valence-corrected chi connectivity index (χ1v) is 11.9. The number of nitrogens with zero attached hydrogens (tertiary/aromatic N) is 3. The number of hydrazine groups is 1. The number of nitrogens with one attached hydrogen (secondary N) is 2. The molecule has 1 aliphatic heterocycles. The summed E-state index contributed by atoms with van der Waals surface area (Å²) in [6, 6.07) is 14.3. The second-order valence-electron chi connectivity index (χ2n) is 8.81. The second kappa shape index (κ2) is 10.5. The number of benzene rings is 2. The monoisotopic (exact) mass is 475 g/mol. The van der Waals surface area contributed by atoms with Crippen molar-refractivity contribution in [2.24, 2.45) is 5.92 Å². The molecule has 9 heteroatoms. The molecule has 9 nitrogen and oxygen atoms in total. The Labute approximate surface area is 203 Å². The Kier molecular flexibility index (Phi) is 7.24. The van der Waals surface area contributed by atoms with Gasteiger partial charge in [0.2, 0.25) is 11.8 Å². The van der Waals surface area contributed by atoms with Crippen LogP contribution in [0.2, 0.25) is 0 Å². The predicted molar refractivity (Wildman–Crippen MR) is 133 cm³/mol. The highest BCUT2D eigenvalue weighted by Crippen LogP contribution is 2.25. The molecular formula is C26H29N5O4. The number of hydrogen-bond acceptors (Lipinski definition) is 5. The number of fused-ring (bicyclic) bond motifs is 1. The van der Waals surface area contributed by atoms with Crippen LogP contribution in [0.3, 0.4) is 0 Å². The minimum Gasteiger partial charge on any atom is -0.312 e. The largest absolute Gasteiger partial charge is 0.312 e. The van der Waals surface area contributed by atoms with Crippen molar-refractivity contribution in [3.8, 4) is 0 Å². The molecule has 2 aromatic carbocycles. The normalized spacial score (nSPS) is 15.4. The molecule has 1 unspecified atom stereocenters. The maximum absolute atomic E-state index is 13.0. The molecule has 2 heterocycles. The van der Waals surface area contributed by atoms with Crippen LogP contribution in [0, 0.1) is 12.8 Å². The van der Waals surface area contributed by atoms with Gasteiger partial charge in [0.05, 0.1) is 11.3 Å². The summed E-state index contributed by atoms with van der Waals surface area (Å²) in [4.78, 5) is 52.6. The molecule has 0 saturated carbocycles. The molecule has 2 N–H and O–H groups in total. The fourth-order valence-corrected chi connectivity index (χ4v) is 4.20. The van der Waals surface area contributed by atoms with Gasteiger partial charge in [0.15, 0.2) is 5.69 Å². The molecule has 0 bridgehead atoms. The number of carbonyl (C=O) groups is 3. The van der Waals surface area contributed by atoms with Crippen molar-refractivity contribution in [1.29, 1.82) is 0 Å². The number of hydrogen-bond donors (Lipinski definition) is 2. The number of aromatic nitrogens is 2. The van der Waals surface area contributed by atoms with Crippen molar-refractivity contribution >= 4 is 34.2 Å². The van der Waals surface area contributed by atoms with E-state index in [0.717, 1.165) is 30.5 Å². The lowest BCUT2D eigenvalue weighted by Gasteiger charge is -2.17. The van der Waals surface area contributed by atoms with Crippen LogP contribution in [0.4, 0.5) is 5.69 Å². The summed E-state index contributed by atoms with van der Waals surface area (Å²) < 4.78 is 1.31. The summed E-state index contributed by atoms with van der Waals surface area (Å²) >= 11 is 0. The van der Waals surface area contributed by atoms with E-state index in [1.54, 1.807) is 29.2 Å². The summed E-state index contributed by atoms with van der Waals surface area (Å²) in [6.07, 6.45) is 2.76. The number of unbranched alkanes of at least 4 members (excludes halogenated alkanes) is 2. The Morgan fingerprint density at radius 2 is 1.71 bits per heavy atom. The van der Waals surface area contributed by atoms with Gasteiger partial charge in [0.1, 0.15) is 0 Å². The Bertz CT molecular complexity index is 1320. The van der Waals surface area contributed by atoms with Crippen molar-refractivity contribution in [1.82, 2.24) is 20.6 Å². The summed E-state index contributed by atoms with van der Waals surface area (Å²) in [5, 5.41) is 5.11. The van der Waals surface area contributed by atoms with Gasteiger partial charge in [-0.15, -0.1) is 0 Å². The molecule has 3 aromatic rings. The van der Waals surface area contributed by atoms with Gasteiger partial charge < -0.3 is 4.90 Å². The smallest absolute Gasteiger partial charge is 0.290 e. The molecule has 4 rings (SSSR count). The van der Waals surface area contributed by atoms with E-state index in [9.17, 15) is 19.2 Å². The van der Waals surface area contributed by atoms with Gasteiger partial charge in [0, 0.05) is 30.6 Å². The van der Waals surface area contributed by atoms with E-state index < -0.39 is 17.7 Å². The van der Waals surface area contributed by atoms with Crippen molar-refractivity contribution in [2.75, 3.05) is 11.4 Å². The van der Waals surface area contributed by atoms with Gasteiger partial charge in [-0.2, -0.15) is 5.10 Å². The number of anilines is 1. The predicted octanol–water partition coefficient (Wildman–Crippen LogP) is 2.71. The molecular weight excluding hydrogens is 446 g/mol. The van der Waals surface area contributed by atoms with Gasteiger partial charge in [-0.1, -0.05) is 55.7 Å². The van der Waals surface area contributed by atoms with Crippen molar-refractivity contribution < 1.29 is 14.4 Å². The van der Waals surface area contributed by atoms with Crippen LogP contribution in [0.1, 0.15) is 48.7 Å². The van der Waals surface area contributed by atoms with E-state index in [0.29, 0.717) is 17.3 Å². The first kappa shape index (κ1) is 24.1. The highest BCUT2D eigenvalue weighted by molar-refractivity contribution is 6.05. The Balaban J connectivity index is 1.46. The zero-order valence-electron chi connectivity index (χ0n) is 19.9. The SMILES string of the molecule is CCCCCn1nc(C(=O)NNC(=O)C2CC(=O)N(c3ccc(C)cc3)C2)c2ccccc2c1=O. The van der Waals surface area contributed by atoms with Crippen LogP contribution < -0.4 is 21.3 Å². The third-order valence-corrected chi connectivity index (χ3v) is 6.20. The Morgan fingerprint density at radius 1 is 1.00 bits per heavy atom. The second-order valence-corrected chi connectivity index (χ2v) is 8.81. The highest BCUT2D eigenvalue weighted by atomic mass is 16.2. The Morgan fingerprint density at radius 3 is 2.43 bits per heavy atom. The van der Waals surface area contributed by atoms with Crippen LogP contribution in [-0.2, 0) is 16.1 Å². The molecule has 0 spiro atoms. The minimum atomic E-state index is -0.626. The van der Waals surface area contributed by atoms with Gasteiger partial charge in [-0.25, -0.2) is 4.68 Å². The molecule has 0 radical (unpaired) electrons. The van der Waals surface area contributed by atoms with Crippen LogP contribution in [0.15, 0.2) is 53.3 Å². The fourth-order valence-electron chi connectivity index (χ4n) is 4.20. The Hall–Kier alpha value is -4.01. The third kappa shape index (κ3) is 5.24. The maximum atomic E-state index is 13.0. The van der Waals surface area contributed by atoms with E-state index in [4.69, 9.17) is 0 Å². The zero-order chi connectivity index (χ0) is 24.9. The van der Waals surface area contributed by atoms with Crippen molar-refractivity contribution in [3.05, 3.63) is 70.1 Å². The fraction of sp³-hybridized carbons (Fsp3) is 0.346. The lowest BCUT2D eigenvalue weighted by atomic mass is 10.1.